The van der Waals surface area contributed by atoms with Gasteiger partial charge in [-0.1, -0.05) is 23.7 Å². The minimum atomic E-state index is -1.33. The molecule has 0 radical (unpaired) electrons. The van der Waals surface area contributed by atoms with E-state index < -0.39 is 10.2 Å². The molecule has 1 aliphatic rings. The van der Waals surface area contributed by atoms with Crippen LogP contribution in [0, 0.1) is 0 Å². The second kappa shape index (κ2) is 5.94. The van der Waals surface area contributed by atoms with E-state index in [0.29, 0.717) is 5.11 Å². The van der Waals surface area contributed by atoms with Gasteiger partial charge in [-0.25, -0.2) is 0 Å². The first kappa shape index (κ1) is 14.4. The Balaban J connectivity index is 2.10. The molecule has 0 saturated carbocycles. The number of nitrogens with zero attached hydrogens (tertiary/aromatic N) is 1. The molecule has 0 saturated heterocycles. The quantitative estimate of drug-likeness (QED) is 0.838. The zero-order valence-corrected chi connectivity index (χ0v) is 13.0. The van der Waals surface area contributed by atoms with E-state index in [1.807, 2.05) is 37.4 Å². The van der Waals surface area contributed by atoms with Crippen LogP contribution in [0.4, 0.5) is 0 Å². The molecule has 1 aromatic carbocycles. The van der Waals surface area contributed by atoms with E-state index in [9.17, 15) is 0 Å². The second-order valence-electron chi connectivity index (χ2n) is 4.27. The summed E-state index contributed by atoms with van der Waals surface area (Å²) in [4.78, 5) is 4.34. The van der Waals surface area contributed by atoms with Gasteiger partial charge in [-0.15, -0.1) is 10.2 Å². The topological polar surface area (TPSA) is 50.4 Å². The maximum absolute atomic E-state index is 5.89. The number of hydrogen-bond donors (Lipinski definition) is 2. The molecule has 0 bridgehead atoms. The van der Waals surface area contributed by atoms with E-state index in [1.165, 1.54) is 5.56 Å². The highest BCUT2D eigenvalue weighted by Gasteiger charge is 2.27. The van der Waals surface area contributed by atoms with Crippen molar-refractivity contribution in [1.82, 2.24) is 4.72 Å². The number of halogens is 1. The number of hydrogen-bond acceptors (Lipinski definition) is 2. The highest BCUT2D eigenvalue weighted by Crippen LogP contribution is 2.50. The first-order valence-electron chi connectivity index (χ1n) is 5.85. The minimum Gasteiger partial charge on any atom is -0.376 e. The average molecular weight is 314 g/mol. The van der Waals surface area contributed by atoms with Crippen molar-refractivity contribution in [3.8, 4) is 0 Å². The summed E-state index contributed by atoms with van der Waals surface area (Å²) in [5, 5.41) is 4.24. The van der Waals surface area contributed by atoms with Crippen molar-refractivity contribution in [2.75, 3.05) is 5.75 Å². The molecule has 3 nitrogen and oxygen atoms in total. The Hall–Kier alpha value is -1.04. The van der Waals surface area contributed by atoms with Gasteiger partial charge in [0.1, 0.15) is 0 Å². The van der Waals surface area contributed by atoms with Gasteiger partial charge in [-0.3, -0.25) is 4.99 Å². The van der Waals surface area contributed by atoms with E-state index in [0.717, 1.165) is 22.2 Å². The molecule has 3 N–H and O–H groups in total. The number of benzene rings is 1. The van der Waals surface area contributed by atoms with Crippen molar-refractivity contribution >= 4 is 44.2 Å². The van der Waals surface area contributed by atoms with Crippen LogP contribution in [-0.4, -0.2) is 15.9 Å². The maximum atomic E-state index is 5.89. The molecule has 2 rings (SSSR count). The van der Waals surface area contributed by atoms with Crippen LogP contribution in [0.25, 0.3) is 0 Å². The van der Waals surface area contributed by atoms with E-state index in [-0.39, 0.29) is 0 Å². The largest absolute Gasteiger partial charge is 0.376 e. The SMILES string of the molecule is CC1=NC=CS1(CCc1ccc(Cl)cc1)NC(N)=S. The third kappa shape index (κ3) is 3.49. The first-order chi connectivity index (χ1) is 9.02. The Morgan fingerprint density at radius 3 is 2.63 bits per heavy atom. The van der Waals surface area contributed by atoms with Crippen molar-refractivity contribution in [2.24, 2.45) is 10.7 Å². The summed E-state index contributed by atoms with van der Waals surface area (Å²) in [7, 11) is -1.33. The molecule has 1 aliphatic heterocycles. The van der Waals surface area contributed by atoms with E-state index >= 15 is 0 Å². The van der Waals surface area contributed by atoms with Gasteiger partial charge in [-0.05, 0) is 48.7 Å². The summed E-state index contributed by atoms with van der Waals surface area (Å²) in [6, 6.07) is 7.90. The van der Waals surface area contributed by atoms with Crippen molar-refractivity contribution < 1.29 is 0 Å². The van der Waals surface area contributed by atoms with Gasteiger partial charge in [-0.2, -0.15) is 0 Å². The predicted molar refractivity (Wildman–Crippen MR) is 89.8 cm³/mol. The maximum Gasteiger partial charge on any atom is 0.173 e. The fourth-order valence-electron chi connectivity index (χ4n) is 1.92. The standard InChI is InChI=1S/C13H16ClN3S2/c1-10-16-7-9-19(10,17-13(15)18)8-6-11-2-4-12(14)5-3-11/h2-5,7,9H,6,8H2,1H3,(H3,15,17,18). The normalized spacial score (nSPS) is 24.6. The van der Waals surface area contributed by atoms with Gasteiger partial charge in [0.05, 0.1) is 5.04 Å². The molecular formula is C13H16ClN3S2. The zero-order chi connectivity index (χ0) is 13.9. The van der Waals surface area contributed by atoms with Gasteiger partial charge in [0, 0.05) is 17.0 Å². The van der Waals surface area contributed by atoms with Gasteiger partial charge in [0.25, 0.3) is 0 Å². The number of aryl methyl sites for hydroxylation is 1. The molecule has 1 heterocycles. The number of aliphatic imine (C=N–C) groups is 1. The van der Waals surface area contributed by atoms with Crippen LogP contribution in [0.3, 0.4) is 0 Å². The Kier molecular flexibility index (Phi) is 4.50. The van der Waals surface area contributed by atoms with Gasteiger partial charge in [0.2, 0.25) is 0 Å². The minimum absolute atomic E-state index is 0.326. The summed E-state index contributed by atoms with van der Waals surface area (Å²) in [6.07, 6.45) is 2.76. The smallest absolute Gasteiger partial charge is 0.173 e. The Labute approximate surface area is 125 Å². The molecule has 0 aromatic heterocycles. The van der Waals surface area contributed by atoms with Gasteiger partial charge < -0.3 is 10.5 Å². The third-order valence-corrected chi connectivity index (χ3v) is 6.65. The second-order valence-corrected chi connectivity index (χ2v) is 8.21. The van der Waals surface area contributed by atoms with Gasteiger partial charge in [0.15, 0.2) is 5.11 Å². The van der Waals surface area contributed by atoms with Crippen molar-refractivity contribution in [3.63, 3.8) is 0 Å². The fraction of sp³-hybridized carbons (Fsp3) is 0.231. The summed E-state index contributed by atoms with van der Waals surface area (Å²) in [5.41, 5.74) is 6.89. The number of nitrogens with one attached hydrogen (secondary N) is 1. The molecule has 0 aliphatic carbocycles. The van der Waals surface area contributed by atoms with Crippen molar-refractivity contribution in [2.45, 2.75) is 13.3 Å². The lowest BCUT2D eigenvalue weighted by molar-refractivity contribution is 1.14. The molecule has 6 heteroatoms. The molecule has 19 heavy (non-hydrogen) atoms. The van der Waals surface area contributed by atoms with Crippen LogP contribution < -0.4 is 10.5 Å². The zero-order valence-electron chi connectivity index (χ0n) is 10.6. The fourth-order valence-corrected chi connectivity index (χ4v) is 4.87. The molecule has 1 atom stereocenters. The molecular weight excluding hydrogens is 298 g/mol. The Morgan fingerprint density at radius 2 is 2.11 bits per heavy atom. The molecule has 0 fully saturated rings. The lowest BCUT2D eigenvalue weighted by Crippen LogP contribution is -2.35. The van der Waals surface area contributed by atoms with Crippen LogP contribution in [0.1, 0.15) is 12.5 Å². The first-order valence-corrected chi connectivity index (χ1v) is 8.51. The summed E-state index contributed by atoms with van der Waals surface area (Å²) in [5.74, 6) is 0.928. The molecule has 1 unspecified atom stereocenters. The van der Waals surface area contributed by atoms with Crippen LogP contribution in [-0.2, 0) is 6.42 Å². The Morgan fingerprint density at radius 1 is 1.42 bits per heavy atom. The average Bonchev–Trinajstić information content (AvgIpc) is 2.70. The molecule has 1 aromatic rings. The summed E-state index contributed by atoms with van der Waals surface area (Å²) < 4.78 is 3.24. The number of thiocarbonyl (C=S) groups is 1. The van der Waals surface area contributed by atoms with E-state index in [2.05, 4.69) is 15.1 Å². The van der Waals surface area contributed by atoms with Crippen LogP contribution >= 0.6 is 34.0 Å². The predicted octanol–water partition coefficient (Wildman–Crippen LogP) is 3.34. The van der Waals surface area contributed by atoms with Crippen molar-refractivity contribution in [1.29, 1.82) is 0 Å². The molecule has 102 valence electrons. The van der Waals surface area contributed by atoms with E-state index in [4.69, 9.17) is 29.6 Å². The number of nitrogens with two attached hydrogens (primary N) is 1. The Bertz CT molecular complexity index is 539. The van der Waals surface area contributed by atoms with Crippen LogP contribution in [0.5, 0.6) is 0 Å². The molecule has 0 amide bonds. The highest BCUT2D eigenvalue weighted by atomic mass is 35.5. The lowest BCUT2D eigenvalue weighted by Gasteiger charge is -2.35. The van der Waals surface area contributed by atoms with Crippen LogP contribution in [0.15, 0.2) is 40.9 Å². The summed E-state index contributed by atoms with van der Waals surface area (Å²) >= 11 is 10.9. The van der Waals surface area contributed by atoms with E-state index in [1.54, 1.807) is 0 Å². The third-order valence-electron chi connectivity index (χ3n) is 2.99. The summed E-state index contributed by atoms with van der Waals surface area (Å²) in [6.45, 7) is 2.02. The van der Waals surface area contributed by atoms with Crippen molar-refractivity contribution in [3.05, 3.63) is 46.5 Å². The molecule has 0 spiro atoms. The monoisotopic (exact) mass is 313 g/mol. The van der Waals surface area contributed by atoms with Gasteiger partial charge >= 0.3 is 0 Å². The lowest BCUT2D eigenvalue weighted by atomic mass is 10.2. The van der Waals surface area contributed by atoms with Crippen LogP contribution in [0.2, 0.25) is 5.02 Å². The highest BCUT2D eigenvalue weighted by molar-refractivity contribution is 8.46. The number of rotatable bonds is 4.